The summed E-state index contributed by atoms with van der Waals surface area (Å²) < 4.78 is 0.959. The van der Waals surface area contributed by atoms with Gasteiger partial charge >= 0.3 is 0 Å². The molecule has 0 saturated heterocycles. The number of carbonyl (C=O) groups is 1. The second-order valence-corrected chi connectivity index (χ2v) is 7.60. The molecule has 0 aliphatic heterocycles. The third-order valence-electron chi connectivity index (χ3n) is 4.22. The first-order chi connectivity index (χ1) is 12.5. The number of rotatable bonds is 6. The predicted octanol–water partition coefficient (Wildman–Crippen LogP) is 6.84. The van der Waals surface area contributed by atoms with E-state index in [9.17, 15) is 4.79 Å². The first kappa shape index (κ1) is 18.7. The minimum absolute atomic E-state index is 0.0945. The molecule has 0 heterocycles. The van der Waals surface area contributed by atoms with Crippen molar-refractivity contribution in [1.82, 2.24) is 0 Å². The van der Waals surface area contributed by atoms with Crippen LogP contribution in [0.4, 0.5) is 5.69 Å². The molecule has 1 atom stereocenters. The Kier molecular flexibility index (Phi) is 6.12. The summed E-state index contributed by atoms with van der Waals surface area (Å²) in [6.45, 7) is 2.05. The summed E-state index contributed by atoms with van der Waals surface area (Å²) in [6, 6.07) is 23.1. The largest absolute Gasteiger partial charge is 0.378 e. The zero-order valence-corrected chi connectivity index (χ0v) is 16.7. The number of nitrogens with one attached hydrogen (secondary N) is 1. The van der Waals surface area contributed by atoms with Gasteiger partial charge < -0.3 is 5.32 Å². The molecule has 26 heavy (non-hydrogen) atoms. The summed E-state index contributed by atoms with van der Waals surface area (Å²) in [6.07, 6.45) is 0.358. The molecule has 3 rings (SSSR count). The summed E-state index contributed by atoms with van der Waals surface area (Å²) in [7, 11) is 0. The van der Waals surface area contributed by atoms with Crippen molar-refractivity contribution < 1.29 is 4.79 Å². The Morgan fingerprint density at radius 3 is 2.19 bits per heavy atom. The lowest BCUT2D eigenvalue weighted by Crippen LogP contribution is -2.15. The molecule has 3 aromatic carbocycles. The van der Waals surface area contributed by atoms with E-state index in [-0.39, 0.29) is 11.8 Å². The van der Waals surface area contributed by atoms with Gasteiger partial charge in [-0.05, 0) is 48.9 Å². The van der Waals surface area contributed by atoms with Crippen LogP contribution in [0.15, 0.2) is 77.3 Å². The van der Waals surface area contributed by atoms with Gasteiger partial charge in [0.25, 0.3) is 0 Å². The third-order valence-corrected chi connectivity index (χ3v) is 5.00. The van der Waals surface area contributed by atoms with Crippen molar-refractivity contribution in [1.29, 1.82) is 0 Å². The van der Waals surface area contributed by atoms with Crippen molar-refractivity contribution >= 4 is 39.0 Å². The molecular weight excluding hydrogens is 410 g/mol. The lowest BCUT2D eigenvalue weighted by molar-refractivity contribution is 0.0976. The number of hydrogen-bond donors (Lipinski definition) is 1. The van der Waals surface area contributed by atoms with E-state index >= 15 is 0 Å². The highest BCUT2D eigenvalue weighted by Gasteiger charge is 2.17. The normalized spacial score (nSPS) is 11.8. The minimum atomic E-state index is -0.133. The maximum atomic E-state index is 12.8. The summed E-state index contributed by atoms with van der Waals surface area (Å²) in [5.74, 6) is 0.0945. The van der Waals surface area contributed by atoms with Gasteiger partial charge in [-0.2, -0.15) is 0 Å². The Morgan fingerprint density at radius 2 is 1.58 bits per heavy atom. The molecule has 0 bridgehead atoms. The zero-order valence-electron chi connectivity index (χ0n) is 14.4. The molecular formula is C22H19BrClNO. The molecule has 0 spiro atoms. The van der Waals surface area contributed by atoms with E-state index in [4.69, 9.17) is 11.6 Å². The molecule has 0 saturated carbocycles. The van der Waals surface area contributed by atoms with E-state index in [0.717, 1.165) is 15.7 Å². The average Bonchev–Trinajstić information content (AvgIpc) is 2.64. The van der Waals surface area contributed by atoms with Gasteiger partial charge in [0.1, 0.15) is 0 Å². The van der Waals surface area contributed by atoms with Crippen LogP contribution in [-0.2, 0) is 0 Å². The number of anilines is 1. The Hall–Kier alpha value is -2.10. The van der Waals surface area contributed by atoms with Crippen LogP contribution in [0.3, 0.4) is 0 Å². The number of ketones is 1. The number of hydrogen-bond acceptors (Lipinski definition) is 2. The van der Waals surface area contributed by atoms with E-state index in [1.807, 2.05) is 60.7 Å². The quantitative estimate of drug-likeness (QED) is 0.436. The van der Waals surface area contributed by atoms with Crippen LogP contribution < -0.4 is 5.32 Å². The molecule has 0 aliphatic rings. The summed E-state index contributed by atoms with van der Waals surface area (Å²) in [5.41, 5.74) is 3.92. The van der Waals surface area contributed by atoms with Crippen LogP contribution in [0.5, 0.6) is 0 Å². The fourth-order valence-electron chi connectivity index (χ4n) is 2.74. The highest BCUT2D eigenvalue weighted by atomic mass is 79.9. The van der Waals surface area contributed by atoms with Crippen molar-refractivity contribution in [2.45, 2.75) is 19.4 Å². The van der Waals surface area contributed by atoms with Gasteiger partial charge in [0.2, 0.25) is 0 Å². The van der Waals surface area contributed by atoms with Crippen molar-refractivity contribution in [3.05, 3.63) is 99.0 Å². The Bertz CT molecular complexity index is 874. The molecule has 1 N–H and O–H groups in total. The first-order valence-electron chi connectivity index (χ1n) is 8.39. The van der Waals surface area contributed by atoms with Crippen LogP contribution in [0.1, 0.15) is 33.9 Å². The van der Waals surface area contributed by atoms with Crippen molar-refractivity contribution in [2.24, 2.45) is 0 Å². The molecule has 132 valence electrons. The van der Waals surface area contributed by atoms with Gasteiger partial charge in [0.05, 0.1) is 6.04 Å². The van der Waals surface area contributed by atoms with Gasteiger partial charge in [-0.25, -0.2) is 0 Å². The van der Waals surface area contributed by atoms with Crippen molar-refractivity contribution in [3.8, 4) is 0 Å². The smallest absolute Gasteiger partial charge is 0.165 e. The molecule has 0 amide bonds. The number of aryl methyl sites for hydroxylation is 1. The highest BCUT2D eigenvalue weighted by molar-refractivity contribution is 9.10. The van der Waals surface area contributed by atoms with Gasteiger partial charge in [-0.3, -0.25) is 4.79 Å². The second-order valence-electron chi connectivity index (χ2n) is 6.25. The van der Waals surface area contributed by atoms with E-state index < -0.39 is 0 Å². The first-order valence-corrected chi connectivity index (χ1v) is 9.56. The molecule has 4 heteroatoms. The minimum Gasteiger partial charge on any atom is -0.378 e. The van der Waals surface area contributed by atoms with E-state index in [0.29, 0.717) is 17.0 Å². The fraction of sp³-hybridized carbons (Fsp3) is 0.136. The van der Waals surface area contributed by atoms with Crippen molar-refractivity contribution in [3.63, 3.8) is 0 Å². The van der Waals surface area contributed by atoms with Crippen LogP contribution in [-0.4, -0.2) is 5.78 Å². The summed E-state index contributed by atoms with van der Waals surface area (Å²) >= 11 is 9.42. The van der Waals surface area contributed by atoms with Gasteiger partial charge in [-0.15, -0.1) is 0 Å². The Labute approximate surface area is 167 Å². The third kappa shape index (κ3) is 4.96. The number of carbonyl (C=O) groups excluding carboxylic acids is 1. The van der Waals surface area contributed by atoms with Crippen LogP contribution >= 0.6 is 27.5 Å². The van der Waals surface area contributed by atoms with Crippen molar-refractivity contribution in [2.75, 3.05) is 5.32 Å². The molecule has 0 radical (unpaired) electrons. The number of halogens is 2. The second kappa shape index (κ2) is 8.52. The monoisotopic (exact) mass is 427 g/mol. The van der Waals surface area contributed by atoms with Crippen LogP contribution in [0.25, 0.3) is 0 Å². The summed E-state index contributed by atoms with van der Waals surface area (Å²) in [4.78, 5) is 12.8. The summed E-state index contributed by atoms with van der Waals surface area (Å²) in [5, 5.41) is 4.16. The maximum Gasteiger partial charge on any atom is 0.165 e. The topological polar surface area (TPSA) is 29.1 Å². The lowest BCUT2D eigenvalue weighted by Gasteiger charge is -2.20. The van der Waals surface area contributed by atoms with E-state index in [2.05, 4.69) is 40.3 Å². The van der Waals surface area contributed by atoms with Gasteiger partial charge in [-0.1, -0.05) is 69.5 Å². The van der Waals surface area contributed by atoms with E-state index in [1.165, 1.54) is 5.56 Å². The Morgan fingerprint density at radius 1 is 0.962 bits per heavy atom. The average molecular weight is 429 g/mol. The highest BCUT2D eigenvalue weighted by Crippen LogP contribution is 2.26. The molecule has 2 nitrogen and oxygen atoms in total. The molecule has 1 unspecified atom stereocenters. The molecule has 0 fully saturated rings. The van der Waals surface area contributed by atoms with Crippen LogP contribution in [0.2, 0.25) is 5.02 Å². The van der Waals surface area contributed by atoms with Gasteiger partial charge in [0, 0.05) is 27.2 Å². The molecule has 0 aromatic heterocycles. The lowest BCUT2D eigenvalue weighted by atomic mass is 9.97. The van der Waals surface area contributed by atoms with E-state index in [1.54, 1.807) is 0 Å². The van der Waals surface area contributed by atoms with Gasteiger partial charge in [0.15, 0.2) is 5.78 Å². The Balaban J connectivity index is 1.84. The number of Topliss-reactive ketones (excluding diaryl/α,β-unsaturated/α-hetero) is 1. The maximum absolute atomic E-state index is 12.8. The number of benzene rings is 3. The molecule has 3 aromatic rings. The zero-order chi connectivity index (χ0) is 18.5. The fourth-order valence-corrected chi connectivity index (χ4v) is 3.13. The SMILES string of the molecule is Cc1ccc(NC(CC(=O)c2ccc(Br)cc2)c2ccc(Cl)cc2)cc1. The standard InChI is InChI=1S/C22H19BrClNO/c1-15-2-12-20(13-3-15)25-21(16-6-10-19(24)11-7-16)14-22(26)17-4-8-18(23)9-5-17/h2-13,21,25H,14H2,1H3. The molecule has 0 aliphatic carbocycles. The predicted molar refractivity (Wildman–Crippen MR) is 112 cm³/mol. The van der Waals surface area contributed by atoms with Crippen LogP contribution in [0, 0.1) is 6.92 Å².